The van der Waals surface area contributed by atoms with Crippen LogP contribution in [0.1, 0.15) is 47.2 Å². The number of aromatic nitrogens is 1. The van der Waals surface area contributed by atoms with E-state index < -0.39 is 23.1 Å². The van der Waals surface area contributed by atoms with Crippen LogP contribution in [0.5, 0.6) is 0 Å². The van der Waals surface area contributed by atoms with Crippen LogP contribution in [-0.4, -0.2) is 65.1 Å². The number of halogens is 3. The van der Waals surface area contributed by atoms with Crippen LogP contribution in [0.2, 0.25) is 0 Å². The number of nitrogens with zero attached hydrogens (tertiary/aromatic N) is 5. The highest BCUT2D eigenvalue weighted by Crippen LogP contribution is 2.48. The smallest absolute Gasteiger partial charge is 0.384 e. The Balaban J connectivity index is 1.22. The number of nitrogens with two attached hydrogens (primary N) is 1. The van der Waals surface area contributed by atoms with Crippen LogP contribution in [0, 0.1) is 11.3 Å². The van der Waals surface area contributed by atoms with Crippen molar-refractivity contribution < 1.29 is 32.1 Å². The molecule has 0 bridgehead atoms. The van der Waals surface area contributed by atoms with Crippen molar-refractivity contribution in [3.8, 4) is 0 Å². The van der Waals surface area contributed by atoms with Crippen molar-refractivity contribution in [3.63, 3.8) is 0 Å². The molecule has 224 valence electrons. The molecule has 43 heavy (non-hydrogen) atoms. The SMILES string of the molecule is COCC1(C(=O)N2CCC[C@@H](C3=C4C=NC=C[N+]4(N)C(c4ccc(C(=O)Nc5cc(C(F)(F)F)ccn5)cc4)=N3)C2)CC1. The number of allylic oxidation sites excluding steroid dienone is 1. The number of hydrogen-bond acceptors (Lipinski definition) is 7. The van der Waals surface area contributed by atoms with Crippen LogP contribution in [0.25, 0.3) is 0 Å². The minimum atomic E-state index is -4.55. The van der Waals surface area contributed by atoms with Crippen molar-refractivity contribution in [1.29, 1.82) is 0 Å². The van der Waals surface area contributed by atoms with E-state index in [0.717, 1.165) is 49.7 Å². The molecule has 4 aliphatic rings. The lowest BCUT2D eigenvalue weighted by Gasteiger charge is -2.35. The number of likely N-dealkylation sites (tertiary alicyclic amines) is 1. The maximum absolute atomic E-state index is 13.4. The van der Waals surface area contributed by atoms with E-state index in [0.29, 0.717) is 36.8 Å². The summed E-state index contributed by atoms with van der Waals surface area (Å²) in [5.41, 5.74) is 1.05. The lowest BCUT2D eigenvalue weighted by Crippen LogP contribution is -2.53. The van der Waals surface area contributed by atoms with Gasteiger partial charge in [0.25, 0.3) is 11.7 Å². The summed E-state index contributed by atoms with van der Waals surface area (Å²) in [5.74, 6) is 6.70. The van der Waals surface area contributed by atoms with Gasteiger partial charge in [-0.3, -0.25) is 14.6 Å². The van der Waals surface area contributed by atoms with E-state index in [4.69, 9.17) is 15.6 Å². The number of piperidine rings is 1. The third-order valence-electron chi connectivity index (χ3n) is 8.38. The maximum atomic E-state index is 13.4. The number of fused-ring (bicyclic) bond motifs is 1. The van der Waals surface area contributed by atoms with Gasteiger partial charge in [0.2, 0.25) is 11.6 Å². The van der Waals surface area contributed by atoms with Crippen molar-refractivity contribution in [2.75, 3.05) is 32.1 Å². The van der Waals surface area contributed by atoms with Gasteiger partial charge in [-0.1, -0.05) is 0 Å². The summed E-state index contributed by atoms with van der Waals surface area (Å²) in [6.07, 6.45) is 4.82. The number of benzene rings is 1. The Hall–Kier alpha value is -4.20. The van der Waals surface area contributed by atoms with Crippen LogP contribution in [-0.2, 0) is 15.7 Å². The number of rotatable bonds is 7. The third kappa shape index (κ3) is 5.39. The summed E-state index contributed by atoms with van der Waals surface area (Å²) in [7, 11) is 1.62. The minimum Gasteiger partial charge on any atom is -0.384 e. The predicted molar refractivity (Wildman–Crippen MR) is 152 cm³/mol. The number of carbonyl (C=O) groups excluding carboxylic acids is 2. The van der Waals surface area contributed by atoms with E-state index in [9.17, 15) is 22.8 Å². The highest BCUT2D eigenvalue weighted by molar-refractivity contribution is 6.05. The van der Waals surface area contributed by atoms with E-state index in [-0.39, 0.29) is 27.8 Å². The van der Waals surface area contributed by atoms with Gasteiger partial charge in [0.1, 0.15) is 17.7 Å². The first kappa shape index (κ1) is 28.9. The molecule has 10 nitrogen and oxygen atoms in total. The molecule has 6 rings (SSSR count). The van der Waals surface area contributed by atoms with Gasteiger partial charge >= 0.3 is 6.18 Å². The van der Waals surface area contributed by atoms with Gasteiger partial charge in [-0.05, 0) is 62.1 Å². The Labute approximate surface area is 246 Å². The monoisotopic (exact) mass is 594 g/mol. The normalized spacial score (nSPS) is 24.1. The molecule has 1 aromatic heterocycles. The molecule has 2 aromatic rings. The first-order valence-electron chi connectivity index (χ1n) is 14.0. The first-order chi connectivity index (χ1) is 20.5. The second-order valence-electron chi connectivity index (χ2n) is 11.3. The Morgan fingerprint density at radius 2 is 1.98 bits per heavy atom. The summed E-state index contributed by atoms with van der Waals surface area (Å²) >= 11 is 0. The molecular formula is C30H31F3N7O3+. The number of aliphatic imine (C=N–C) groups is 2. The van der Waals surface area contributed by atoms with Gasteiger partial charge in [0.05, 0.1) is 35.6 Å². The van der Waals surface area contributed by atoms with Crippen molar-refractivity contribution in [3.05, 3.63) is 83.1 Å². The molecule has 2 amide bonds. The molecule has 3 aliphatic heterocycles. The van der Waals surface area contributed by atoms with Gasteiger partial charge in [-0.15, -0.1) is 4.59 Å². The number of ether oxygens (including phenoxy) is 1. The molecule has 3 N–H and O–H groups in total. The number of hydrogen-bond donors (Lipinski definition) is 2. The van der Waals surface area contributed by atoms with E-state index >= 15 is 0 Å². The van der Waals surface area contributed by atoms with Crippen LogP contribution in [0.3, 0.4) is 0 Å². The molecule has 1 unspecified atom stereocenters. The molecular weight excluding hydrogens is 563 g/mol. The van der Waals surface area contributed by atoms with Crippen molar-refractivity contribution in [2.45, 2.75) is 31.9 Å². The van der Waals surface area contributed by atoms with E-state index in [1.165, 1.54) is 0 Å². The van der Waals surface area contributed by atoms with Crippen LogP contribution < -0.4 is 11.2 Å². The molecule has 1 saturated carbocycles. The third-order valence-corrected chi connectivity index (χ3v) is 8.38. The Kier molecular flexibility index (Phi) is 7.27. The second-order valence-corrected chi connectivity index (χ2v) is 11.3. The summed E-state index contributed by atoms with van der Waals surface area (Å²) in [5, 5.41) is 2.41. The summed E-state index contributed by atoms with van der Waals surface area (Å²) in [4.78, 5) is 41.2. The minimum absolute atomic E-state index is 0.0347. The highest BCUT2D eigenvalue weighted by atomic mass is 19.4. The van der Waals surface area contributed by atoms with Gasteiger partial charge < -0.3 is 15.0 Å². The topological polar surface area (TPSA) is 122 Å². The van der Waals surface area contributed by atoms with Gasteiger partial charge in [0, 0.05) is 37.9 Å². The summed E-state index contributed by atoms with van der Waals surface area (Å²) in [6, 6.07) is 8.11. The zero-order valence-electron chi connectivity index (χ0n) is 23.5. The Bertz CT molecular complexity index is 1580. The Morgan fingerprint density at radius 1 is 1.21 bits per heavy atom. The van der Waals surface area contributed by atoms with E-state index in [1.807, 2.05) is 4.90 Å². The average Bonchev–Trinajstić information content (AvgIpc) is 3.71. The predicted octanol–water partition coefficient (Wildman–Crippen LogP) is 4.24. The van der Waals surface area contributed by atoms with Crippen molar-refractivity contribution in [2.24, 2.45) is 27.2 Å². The largest absolute Gasteiger partial charge is 0.416 e. The first-order valence-corrected chi connectivity index (χ1v) is 14.0. The second kappa shape index (κ2) is 10.8. The van der Waals surface area contributed by atoms with Crippen molar-refractivity contribution >= 4 is 29.7 Å². The fourth-order valence-corrected chi connectivity index (χ4v) is 5.91. The molecule has 1 aliphatic carbocycles. The Morgan fingerprint density at radius 3 is 2.67 bits per heavy atom. The quantitative estimate of drug-likeness (QED) is 0.367. The summed E-state index contributed by atoms with van der Waals surface area (Å²) < 4.78 is 44.3. The number of nitrogens with one attached hydrogen (secondary N) is 1. The zero-order valence-corrected chi connectivity index (χ0v) is 23.5. The lowest BCUT2D eigenvalue weighted by atomic mass is 9.92. The van der Waals surface area contributed by atoms with Gasteiger partial charge in [-0.25, -0.2) is 4.98 Å². The van der Waals surface area contributed by atoms with E-state index in [2.05, 4.69) is 15.3 Å². The number of methoxy groups -OCH3 is 1. The fraction of sp³-hybridized carbons (Fsp3) is 0.367. The summed E-state index contributed by atoms with van der Waals surface area (Å²) in [6.45, 7) is 1.64. The highest BCUT2D eigenvalue weighted by Gasteiger charge is 2.53. The van der Waals surface area contributed by atoms with Crippen molar-refractivity contribution in [1.82, 2.24) is 9.88 Å². The molecule has 1 aromatic carbocycles. The molecule has 4 heterocycles. The number of quaternary nitrogens is 1. The molecule has 1 saturated heterocycles. The fourth-order valence-electron chi connectivity index (χ4n) is 5.91. The number of alkyl halides is 3. The molecule has 2 atom stereocenters. The molecule has 0 spiro atoms. The number of amidine groups is 1. The molecule has 2 fully saturated rings. The number of carbonyl (C=O) groups is 2. The standard InChI is InChI=1S/C30H30F3N7O3/c1-43-18-29(9-10-29)28(42)39-13-2-3-21(17-39)25-23-16-35-12-14-40(23,34)26(38-25)19-4-6-20(7-5-19)27(41)37-24-15-22(8-11-36-24)30(31,32)33/h4-8,11-12,14-16,21H,2-3,9-10,13,17-18,34H2,1H3/p+1/t21-,40?/m1/s1. The molecule has 0 radical (unpaired) electrons. The van der Waals surface area contributed by atoms with Crippen LogP contribution >= 0.6 is 0 Å². The average molecular weight is 595 g/mol. The maximum Gasteiger partial charge on any atom is 0.416 e. The van der Waals surface area contributed by atoms with Crippen LogP contribution in [0.15, 0.2) is 76.4 Å². The van der Waals surface area contributed by atoms with Gasteiger partial charge in [0.15, 0.2) is 0 Å². The van der Waals surface area contributed by atoms with Crippen LogP contribution in [0.4, 0.5) is 19.0 Å². The zero-order chi connectivity index (χ0) is 30.4. The van der Waals surface area contributed by atoms with Gasteiger partial charge in [-0.2, -0.15) is 24.0 Å². The number of amides is 2. The number of pyridine rings is 1. The number of anilines is 1. The van der Waals surface area contributed by atoms with E-state index in [1.54, 1.807) is 50.0 Å². The molecule has 13 heteroatoms. The lowest BCUT2D eigenvalue weighted by molar-refractivity contribution is -0.750.